The third kappa shape index (κ3) is 5.95. The first kappa shape index (κ1) is 21.6. The highest BCUT2D eigenvalue weighted by molar-refractivity contribution is 6.30. The summed E-state index contributed by atoms with van der Waals surface area (Å²) < 4.78 is 6.20. The van der Waals surface area contributed by atoms with Crippen molar-refractivity contribution in [1.29, 1.82) is 0 Å². The summed E-state index contributed by atoms with van der Waals surface area (Å²) in [4.78, 5) is 2.41. The van der Waals surface area contributed by atoms with E-state index in [0.29, 0.717) is 22.6 Å². The predicted molar refractivity (Wildman–Crippen MR) is 116 cm³/mol. The Morgan fingerprint density at radius 3 is 2.11 bits per heavy atom. The van der Waals surface area contributed by atoms with Crippen LogP contribution >= 0.6 is 23.2 Å². The molecule has 28 heavy (non-hydrogen) atoms. The molecular weight excluding hydrogens is 393 g/mol. The number of nitrogens with zero attached hydrogens (tertiary/aromatic N) is 1. The highest BCUT2D eigenvalue weighted by Crippen LogP contribution is 2.28. The van der Waals surface area contributed by atoms with Gasteiger partial charge in [0.2, 0.25) is 0 Å². The fourth-order valence-electron chi connectivity index (χ4n) is 3.95. The molecule has 1 saturated heterocycles. The quantitative estimate of drug-likeness (QED) is 0.590. The average molecular weight is 422 g/mol. The summed E-state index contributed by atoms with van der Waals surface area (Å²) in [5.74, 6) is 0. The van der Waals surface area contributed by atoms with Crippen LogP contribution in [0, 0.1) is 0 Å². The van der Waals surface area contributed by atoms with Gasteiger partial charge in [-0.25, -0.2) is 0 Å². The minimum absolute atomic E-state index is 0.271. The highest BCUT2D eigenvalue weighted by Gasteiger charge is 2.24. The zero-order chi connectivity index (χ0) is 19.9. The fraction of sp³-hybridized carbons (Fsp3) is 0.478. The third-order valence-electron chi connectivity index (χ3n) is 5.47. The van der Waals surface area contributed by atoms with Crippen LogP contribution in [0.1, 0.15) is 49.8 Å². The zero-order valence-electron chi connectivity index (χ0n) is 16.4. The van der Waals surface area contributed by atoms with Crippen LogP contribution in [0.3, 0.4) is 0 Å². The molecule has 0 spiro atoms. The van der Waals surface area contributed by atoms with Crippen molar-refractivity contribution in [2.24, 2.45) is 0 Å². The summed E-state index contributed by atoms with van der Waals surface area (Å²) >= 11 is 12.1. The lowest BCUT2D eigenvalue weighted by atomic mass is 9.99. The smallest absolute Gasteiger partial charge is 0.108 e. The minimum atomic E-state index is -0.519. The molecule has 1 aliphatic heterocycles. The summed E-state index contributed by atoms with van der Waals surface area (Å²) in [5, 5.41) is 12.0. The van der Waals surface area contributed by atoms with Crippen molar-refractivity contribution in [3.8, 4) is 0 Å². The van der Waals surface area contributed by atoms with E-state index in [1.807, 2.05) is 48.5 Å². The molecule has 2 aromatic carbocycles. The van der Waals surface area contributed by atoms with Crippen molar-refractivity contribution in [2.75, 3.05) is 19.7 Å². The number of hydrogen-bond acceptors (Lipinski definition) is 3. The first-order valence-electron chi connectivity index (χ1n) is 10.1. The number of ether oxygens (including phenoxy) is 1. The maximum absolute atomic E-state index is 10.6. The fourth-order valence-corrected chi connectivity index (χ4v) is 4.21. The van der Waals surface area contributed by atoms with Gasteiger partial charge in [-0.05, 0) is 61.2 Å². The van der Waals surface area contributed by atoms with Gasteiger partial charge in [0.15, 0.2) is 0 Å². The molecule has 0 amide bonds. The summed E-state index contributed by atoms with van der Waals surface area (Å²) in [7, 11) is 0. The van der Waals surface area contributed by atoms with E-state index in [9.17, 15) is 5.11 Å². The number of hydrogen-bond donors (Lipinski definition) is 1. The maximum atomic E-state index is 10.6. The van der Waals surface area contributed by atoms with Crippen LogP contribution in [-0.4, -0.2) is 41.8 Å². The number of aliphatic hydroxyl groups is 1. The van der Waals surface area contributed by atoms with E-state index in [4.69, 9.17) is 27.9 Å². The predicted octanol–water partition coefficient (Wildman–Crippen LogP) is 5.72. The Kier molecular flexibility index (Phi) is 8.19. The Bertz CT molecular complexity index is 675. The van der Waals surface area contributed by atoms with Gasteiger partial charge in [0, 0.05) is 22.6 Å². The molecule has 0 aromatic heterocycles. The molecule has 0 saturated carbocycles. The Morgan fingerprint density at radius 1 is 1.00 bits per heavy atom. The number of likely N-dealkylation sites (tertiary alicyclic amines) is 1. The molecule has 2 aromatic rings. The average Bonchev–Trinajstić information content (AvgIpc) is 2.71. The SMILES string of the molecule is CCC1CCCCN1CC(O)COC(c1ccc(Cl)cc1)c1ccc(Cl)cc1. The molecule has 1 N–H and O–H groups in total. The monoisotopic (exact) mass is 421 g/mol. The van der Waals surface area contributed by atoms with Gasteiger partial charge in [0.25, 0.3) is 0 Å². The molecular formula is C23H29Cl2NO2. The van der Waals surface area contributed by atoms with Gasteiger partial charge in [0.05, 0.1) is 12.7 Å². The van der Waals surface area contributed by atoms with E-state index >= 15 is 0 Å². The Balaban J connectivity index is 1.67. The second kappa shape index (κ2) is 10.6. The highest BCUT2D eigenvalue weighted by atomic mass is 35.5. The number of halogens is 2. The lowest BCUT2D eigenvalue weighted by molar-refractivity contribution is -0.0187. The molecule has 1 fully saturated rings. The van der Waals surface area contributed by atoms with Crippen LogP contribution in [0.2, 0.25) is 10.0 Å². The number of piperidine rings is 1. The van der Waals surface area contributed by atoms with Crippen molar-refractivity contribution < 1.29 is 9.84 Å². The van der Waals surface area contributed by atoms with Crippen molar-refractivity contribution in [3.63, 3.8) is 0 Å². The Hall–Kier alpha value is -1.10. The molecule has 152 valence electrons. The number of benzene rings is 2. The standard InChI is InChI=1S/C23H29Cl2NO2/c1-2-21-5-3-4-14-26(21)15-22(27)16-28-23(17-6-10-19(24)11-7-17)18-8-12-20(25)13-9-18/h6-13,21-23,27H,2-5,14-16H2,1H3. The van der Waals surface area contributed by atoms with Crippen molar-refractivity contribution in [1.82, 2.24) is 4.90 Å². The first-order valence-corrected chi connectivity index (χ1v) is 10.9. The van der Waals surface area contributed by atoms with E-state index in [1.54, 1.807) is 0 Å². The van der Waals surface area contributed by atoms with Crippen molar-refractivity contribution in [2.45, 2.75) is 50.9 Å². The van der Waals surface area contributed by atoms with Crippen molar-refractivity contribution in [3.05, 3.63) is 69.7 Å². The summed E-state index contributed by atoms with van der Waals surface area (Å²) in [6.07, 6.45) is 4.06. The van der Waals surface area contributed by atoms with Crippen LogP contribution in [-0.2, 0) is 4.74 Å². The number of β-amino-alcohol motifs (C(OH)–C–C–N with tert-alkyl or cyclic N) is 1. The van der Waals surface area contributed by atoms with E-state index in [1.165, 1.54) is 19.3 Å². The topological polar surface area (TPSA) is 32.7 Å². The maximum Gasteiger partial charge on any atom is 0.108 e. The molecule has 1 heterocycles. The van der Waals surface area contributed by atoms with Gasteiger partial charge < -0.3 is 9.84 Å². The van der Waals surface area contributed by atoms with Crippen LogP contribution < -0.4 is 0 Å². The van der Waals surface area contributed by atoms with E-state index in [2.05, 4.69) is 11.8 Å². The first-order chi connectivity index (χ1) is 13.6. The molecule has 2 atom stereocenters. The molecule has 0 aliphatic carbocycles. The zero-order valence-corrected chi connectivity index (χ0v) is 17.9. The second-order valence-corrected chi connectivity index (χ2v) is 8.40. The normalized spacial score (nSPS) is 19.1. The van der Waals surface area contributed by atoms with Gasteiger partial charge >= 0.3 is 0 Å². The van der Waals surface area contributed by atoms with Gasteiger partial charge in [0.1, 0.15) is 6.10 Å². The largest absolute Gasteiger partial charge is 0.389 e. The number of aliphatic hydroxyl groups excluding tert-OH is 1. The molecule has 1 aliphatic rings. The van der Waals surface area contributed by atoms with Gasteiger partial charge in [-0.15, -0.1) is 0 Å². The summed E-state index contributed by atoms with van der Waals surface area (Å²) in [6.45, 7) is 4.23. The third-order valence-corrected chi connectivity index (χ3v) is 5.97. The van der Waals surface area contributed by atoms with Crippen LogP contribution in [0.25, 0.3) is 0 Å². The van der Waals surface area contributed by atoms with Crippen LogP contribution in [0.15, 0.2) is 48.5 Å². The lowest BCUT2D eigenvalue weighted by Gasteiger charge is -2.36. The Morgan fingerprint density at radius 2 is 1.57 bits per heavy atom. The van der Waals surface area contributed by atoms with Gasteiger partial charge in [-0.1, -0.05) is 60.8 Å². The molecule has 0 radical (unpaired) electrons. The van der Waals surface area contributed by atoms with Crippen LogP contribution in [0.4, 0.5) is 0 Å². The summed E-state index contributed by atoms with van der Waals surface area (Å²) in [5.41, 5.74) is 2.01. The molecule has 3 nitrogen and oxygen atoms in total. The van der Waals surface area contributed by atoms with Crippen molar-refractivity contribution >= 4 is 23.2 Å². The van der Waals surface area contributed by atoms with Crippen LogP contribution in [0.5, 0.6) is 0 Å². The molecule has 0 bridgehead atoms. The Labute approximate surface area is 178 Å². The van der Waals surface area contributed by atoms with E-state index in [0.717, 1.165) is 24.1 Å². The molecule has 3 rings (SSSR count). The summed E-state index contributed by atoms with van der Waals surface area (Å²) in [6, 6.07) is 15.9. The van der Waals surface area contributed by atoms with E-state index in [-0.39, 0.29) is 12.7 Å². The lowest BCUT2D eigenvalue weighted by Crippen LogP contribution is -2.44. The molecule has 2 unspecified atom stereocenters. The van der Waals surface area contributed by atoms with E-state index < -0.39 is 6.10 Å². The minimum Gasteiger partial charge on any atom is -0.389 e. The van der Waals surface area contributed by atoms with Gasteiger partial charge in [-0.2, -0.15) is 0 Å². The molecule has 5 heteroatoms. The number of rotatable bonds is 8. The second-order valence-electron chi connectivity index (χ2n) is 7.52. The van der Waals surface area contributed by atoms with Gasteiger partial charge in [-0.3, -0.25) is 4.90 Å².